The predicted octanol–water partition coefficient (Wildman–Crippen LogP) is 1.59. The van der Waals surface area contributed by atoms with Crippen molar-refractivity contribution in [2.24, 2.45) is 0 Å². The molecule has 0 aliphatic carbocycles. The van der Waals surface area contributed by atoms with Crippen molar-refractivity contribution in [1.29, 1.82) is 0 Å². The number of aromatic nitrogens is 4. The maximum Gasteiger partial charge on any atom is 0.209 e. The first-order valence-corrected chi connectivity index (χ1v) is 5.28. The van der Waals surface area contributed by atoms with Crippen LogP contribution in [0.2, 0.25) is 0 Å². The van der Waals surface area contributed by atoms with Crippen LogP contribution in [0, 0.1) is 12.3 Å². The number of thioether (sulfide) groups is 1. The topological polar surface area (TPSA) is 54.5 Å². The van der Waals surface area contributed by atoms with Crippen LogP contribution in [0.25, 0.3) is 11.4 Å². The Kier molecular flexibility index (Phi) is 3.00. The lowest BCUT2D eigenvalue weighted by molar-refractivity contribution is 0.975. The molecule has 0 fully saturated rings. The van der Waals surface area contributed by atoms with Gasteiger partial charge in [-0.25, -0.2) is 4.98 Å². The second kappa shape index (κ2) is 4.62. The van der Waals surface area contributed by atoms with Gasteiger partial charge in [0, 0.05) is 18.0 Å². The van der Waals surface area contributed by atoms with Crippen LogP contribution in [0.5, 0.6) is 0 Å². The first kappa shape index (κ1) is 9.74. The number of aromatic amines is 1. The van der Waals surface area contributed by atoms with Gasteiger partial charge in [0.05, 0.1) is 5.75 Å². The number of hydrogen-bond acceptors (Lipinski definition) is 4. The molecule has 0 atom stereocenters. The minimum atomic E-state index is 0.577. The van der Waals surface area contributed by atoms with Crippen molar-refractivity contribution in [1.82, 2.24) is 20.2 Å². The normalized spacial score (nSPS) is 9.80. The first-order valence-electron chi connectivity index (χ1n) is 4.29. The van der Waals surface area contributed by atoms with Crippen molar-refractivity contribution in [2.45, 2.75) is 5.16 Å². The molecule has 0 saturated heterocycles. The number of rotatable bonds is 3. The fourth-order valence-electron chi connectivity index (χ4n) is 1.06. The van der Waals surface area contributed by atoms with Gasteiger partial charge < -0.3 is 0 Å². The maximum absolute atomic E-state index is 5.15. The molecule has 15 heavy (non-hydrogen) atoms. The second-order valence-electron chi connectivity index (χ2n) is 2.70. The molecule has 0 aliphatic rings. The first-order chi connectivity index (χ1) is 7.40. The molecule has 0 aromatic carbocycles. The smallest absolute Gasteiger partial charge is 0.209 e. The van der Waals surface area contributed by atoms with Gasteiger partial charge in [-0.3, -0.25) is 10.1 Å². The SMILES string of the molecule is C#CCSc1n[nH]c(-c2ccncc2)n1. The van der Waals surface area contributed by atoms with Crippen molar-refractivity contribution in [3.05, 3.63) is 24.5 Å². The van der Waals surface area contributed by atoms with Gasteiger partial charge in [-0.15, -0.1) is 11.5 Å². The molecule has 0 bridgehead atoms. The van der Waals surface area contributed by atoms with Crippen LogP contribution in [0.1, 0.15) is 0 Å². The zero-order chi connectivity index (χ0) is 10.5. The number of H-pyrrole nitrogens is 1. The summed E-state index contributed by atoms with van der Waals surface area (Å²) in [6.45, 7) is 0. The third-order valence-corrected chi connectivity index (χ3v) is 2.46. The highest BCUT2D eigenvalue weighted by atomic mass is 32.2. The molecule has 0 saturated carbocycles. The molecule has 5 heteroatoms. The summed E-state index contributed by atoms with van der Waals surface area (Å²) in [6, 6.07) is 3.74. The summed E-state index contributed by atoms with van der Waals surface area (Å²) >= 11 is 1.43. The number of hydrogen-bond donors (Lipinski definition) is 1. The fraction of sp³-hybridized carbons (Fsp3) is 0.100. The summed E-state index contributed by atoms with van der Waals surface area (Å²) in [5.41, 5.74) is 0.963. The molecule has 74 valence electrons. The minimum absolute atomic E-state index is 0.577. The molecule has 2 aromatic heterocycles. The Hall–Kier alpha value is -1.80. The number of nitrogens with one attached hydrogen (secondary N) is 1. The van der Waals surface area contributed by atoms with Crippen LogP contribution < -0.4 is 0 Å². The van der Waals surface area contributed by atoms with Crippen molar-refractivity contribution in [3.63, 3.8) is 0 Å². The highest BCUT2D eigenvalue weighted by molar-refractivity contribution is 7.99. The Bertz CT molecular complexity index is 472. The van der Waals surface area contributed by atoms with Gasteiger partial charge in [0.25, 0.3) is 0 Å². The summed E-state index contributed by atoms with van der Waals surface area (Å²) in [5.74, 6) is 3.83. The van der Waals surface area contributed by atoms with Crippen molar-refractivity contribution in [3.8, 4) is 23.7 Å². The Morgan fingerprint density at radius 2 is 2.20 bits per heavy atom. The summed E-state index contributed by atoms with van der Waals surface area (Å²) in [4.78, 5) is 8.22. The van der Waals surface area contributed by atoms with E-state index in [1.807, 2.05) is 12.1 Å². The highest BCUT2D eigenvalue weighted by Crippen LogP contribution is 2.17. The van der Waals surface area contributed by atoms with Crippen LogP contribution in [0.3, 0.4) is 0 Å². The van der Waals surface area contributed by atoms with Crippen molar-refractivity contribution in [2.75, 3.05) is 5.75 Å². The van der Waals surface area contributed by atoms with Gasteiger partial charge in [0.2, 0.25) is 5.16 Å². The molecular formula is C10H8N4S. The minimum Gasteiger partial charge on any atom is -0.265 e. The molecule has 2 rings (SSSR count). The third-order valence-electron chi connectivity index (χ3n) is 1.70. The van der Waals surface area contributed by atoms with E-state index in [0.29, 0.717) is 10.9 Å². The molecule has 4 nitrogen and oxygen atoms in total. The molecule has 0 amide bonds. The van der Waals surface area contributed by atoms with Gasteiger partial charge in [0.1, 0.15) is 0 Å². The van der Waals surface area contributed by atoms with Gasteiger partial charge in [-0.1, -0.05) is 17.7 Å². The van der Waals surface area contributed by atoms with Gasteiger partial charge in [-0.05, 0) is 12.1 Å². The number of pyridine rings is 1. The maximum atomic E-state index is 5.15. The van der Waals surface area contributed by atoms with Gasteiger partial charge >= 0.3 is 0 Å². The van der Waals surface area contributed by atoms with Gasteiger partial charge in [-0.2, -0.15) is 0 Å². The molecule has 0 spiro atoms. The predicted molar refractivity (Wildman–Crippen MR) is 59.2 cm³/mol. The molecule has 1 N–H and O–H groups in total. The highest BCUT2D eigenvalue weighted by Gasteiger charge is 2.04. The zero-order valence-corrected chi connectivity index (χ0v) is 8.66. The average Bonchev–Trinajstić information content (AvgIpc) is 2.76. The van der Waals surface area contributed by atoms with E-state index in [9.17, 15) is 0 Å². The molecular weight excluding hydrogens is 208 g/mol. The monoisotopic (exact) mass is 216 g/mol. The number of terminal acetylenes is 1. The van der Waals surface area contributed by atoms with E-state index < -0.39 is 0 Å². The van der Waals surface area contributed by atoms with Crippen molar-refractivity contribution >= 4 is 11.8 Å². The average molecular weight is 216 g/mol. The van der Waals surface area contributed by atoms with E-state index in [1.165, 1.54) is 11.8 Å². The number of nitrogens with zero attached hydrogens (tertiary/aromatic N) is 3. The molecule has 2 aromatic rings. The second-order valence-corrected chi connectivity index (χ2v) is 3.64. The van der Waals surface area contributed by atoms with Crippen LogP contribution in [-0.2, 0) is 0 Å². The van der Waals surface area contributed by atoms with E-state index in [4.69, 9.17) is 6.42 Å². The molecule has 0 unspecified atom stereocenters. The molecule has 0 radical (unpaired) electrons. The van der Waals surface area contributed by atoms with Crippen LogP contribution in [0.4, 0.5) is 0 Å². The Morgan fingerprint density at radius 3 is 2.93 bits per heavy atom. The van der Waals surface area contributed by atoms with Crippen LogP contribution >= 0.6 is 11.8 Å². The van der Waals surface area contributed by atoms with Gasteiger partial charge in [0.15, 0.2) is 5.82 Å². The van der Waals surface area contributed by atoms with E-state index in [2.05, 4.69) is 26.1 Å². The summed E-state index contributed by atoms with van der Waals surface area (Å²) < 4.78 is 0. The lowest BCUT2D eigenvalue weighted by Crippen LogP contribution is -1.80. The van der Waals surface area contributed by atoms with E-state index in [0.717, 1.165) is 11.4 Å². The molecule has 0 aliphatic heterocycles. The lowest BCUT2D eigenvalue weighted by Gasteiger charge is -1.91. The Labute approximate surface area is 91.5 Å². The van der Waals surface area contributed by atoms with Crippen molar-refractivity contribution < 1.29 is 0 Å². The Morgan fingerprint density at radius 1 is 1.40 bits per heavy atom. The standard InChI is InChI=1S/C10H8N4S/c1-2-7-15-10-12-9(13-14-10)8-3-5-11-6-4-8/h1,3-6H,7H2,(H,12,13,14). The summed E-state index contributed by atoms with van der Waals surface area (Å²) in [5, 5.41) is 7.56. The van der Waals surface area contributed by atoms with Crippen LogP contribution in [-0.4, -0.2) is 25.9 Å². The fourth-order valence-corrected chi connectivity index (χ4v) is 1.53. The quantitative estimate of drug-likeness (QED) is 0.625. The lowest BCUT2D eigenvalue weighted by atomic mass is 10.3. The van der Waals surface area contributed by atoms with E-state index >= 15 is 0 Å². The largest absolute Gasteiger partial charge is 0.265 e. The van der Waals surface area contributed by atoms with E-state index in [1.54, 1.807) is 12.4 Å². The zero-order valence-electron chi connectivity index (χ0n) is 7.84. The van der Waals surface area contributed by atoms with E-state index in [-0.39, 0.29) is 0 Å². The van der Waals surface area contributed by atoms with Crippen LogP contribution in [0.15, 0.2) is 29.7 Å². The summed E-state index contributed by atoms with van der Waals surface area (Å²) in [6.07, 6.45) is 8.58. The third kappa shape index (κ3) is 2.36. The summed E-state index contributed by atoms with van der Waals surface area (Å²) in [7, 11) is 0. The molecule has 2 heterocycles. The Balaban J connectivity index is 2.18.